The van der Waals surface area contributed by atoms with E-state index in [0.717, 1.165) is 32.4 Å². The molecule has 0 saturated heterocycles. The summed E-state index contributed by atoms with van der Waals surface area (Å²) < 4.78 is 24.5. The van der Waals surface area contributed by atoms with E-state index in [9.17, 15) is 0 Å². The molecular formula is C30H61N5O4Si. The minimum atomic E-state index is -3.05. The first-order chi connectivity index (χ1) is 19.4. The van der Waals surface area contributed by atoms with Crippen molar-refractivity contribution in [3.05, 3.63) is 0 Å². The normalized spacial score (nSPS) is 14.1. The summed E-state index contributed by atoms with van der Waals surface area (Å²) in [5.74, 6) is 2.33. The Morgan fingerprint density at radius 3 is 1.60 bits per heavy atom. The maximum Gasteiger partial charge on any atom is 0.524 e. The zero-order valence-electron chi connectivity index (χ0n) is 27.3. The molecule has 1 rings (SSSR count). The van der Waals surface area contributed by atoms with Gasteiger partial charge in [-0.05, 0) is 58.8 Å². The molecular weight excluding hydrogens is 522 g/mol. The van der Waals surface area contributed by atoms with Crippen molar-refractivity contribution >= 4 is 20.7 Å². The van der Waals surface area contributed by atoms with Crippen LogP contribution in [0.5, 0.6) is 6.01 Å². The highest BCUT2D eigenvalue weighted by Gasteiger charge is 2.49. The van der Waals surface area contributed by atoms with Gasteiger partial charge >= 0.3 is 14.8 Å². The number of rotatable bonds is 25. The summed E-state index contributed by atoms with van der Waals surface area (Å²) in [6.45, 7) is 23.0. The van der Waals surface area contributed by atoms with Gasteiger partial charge in [0.15, 0.2) is 0 Å². The van der Waals surface area contributed by atoms with Gasteiger partial charge < -0.3 is 28.2 Å². The average Bonchev–Trinajstić information content (AvgIpc) is 2.95. The van der Waals surface area contributed by atoms with E-state index >= 15 is 0 Å². The standard InChI is InChI=1S/C30H61N5O4Si/c1-10-19-21-25(12-3)23-35(24-26(13-4)22-20-11-2)29-32-28(33-30(34-29)36-15-6)31-27(14-5)40(37-16-7,38-17-8)39-18-9/h25-27H,10-24H2,1-9H3,(H,31,32,33,34). The van der Waals surface area contributed by atoms with E-state index in [4.69, 9.17) is 28.0 Å². The zero-order chi connectivity index (χ0) is 29.8. The smallest absolute Gasteiger partial charge is 0.464 e. The van der Waals surface area contributed by atoms with Crippen molar-refractivity contribution in [1.29, 1.82) is 0 Å². The number of anilines is 2. The van der Waals surface area contributed by atoms with Crippen molar-refractivity contribution in [2.45, 2.75) is 126 Å². The molecule has 0 spiro atoms. The Morgan fingerprint density at radius 2 is 1.20 bits per heavy atom. The van der Waals surface area contributed by atoms with Crippen molar-refractivity contribution in [1.82, 2.24) is 15.0 Å². The van der Waals surface area contributed by atoms with Crippen LogP contribution in [0, 0.1) is 11.8 Å². The zero-order valence-corrected chi connectivity index (χ0v) is 28.3. The second-order valence-electron chi connectivity index (χ2n) is 10.4. The molecule has 0 fully saturated rings. The Bertz CT molecular complexity index is 741. The SMILES string of the molecule is CCCCC(CC)CN(CC(CC)CCCC)c1nc(NC(CC)[Si](OCC)(OCC)OCC)nc(OCC)n1. The van der Waals surface area contributed by atoms with Crippen molar-refractivity contribution in [3.63, 3.8) is 0 Å². The summed E-state index contributed by atoms with van der Waals surface area (Å²) >= 11 is 0. The lowest BCUT2D eigenvalue weighted by molar-refractivity contribution is 0.0638. The first-order valence-electron chi connectivity index (χ1n) is 16.2. The lowest BCUT2D eigenvalue weighted by Crippen LogP contribution is -2.59. The third-order valence-electron chi connectivity index (χ3n) is 7.38. The minimum absolute atomic E-state index is 0.202. The lowest BCUT2D eigenvalue weighted by Gasteiger charge is -2.35. The van der Waals surface area contributed by atoms with Gasteiger partial charge in [0.25, 0.3) is 0 Å². The fourth-order valence-electron chi connectivity index (χ4n) is 5.07. The number of hydrogen-bond donors (Lipinski definition) is 1. The summed E-state index contributed by atoms with van der Waals surface area (Å²) in [4.78, 5) is 16.9. The molecule has 0 saturated carbocycles. The van der Waals surface area contributed by atoms with Crippen molar-refractivity contribution in [2.24, 2.45) is 11.8 Å². The Morgan fingerprint density at radius 1 is 0.675 bits per heavy atom. The summed E-state index contributed by atoms with van der Waals surface area (Å²) in [7, 11) is -3.05. The van der Waals surface area contributed by atoms with Gasteiger partial charge in [-0.25, -0.2) is 0 Å². The van der Waals surface area contributed by atoms with E-state index in [1.165, 1.54) is 38.5 Å². The molecule has 0 aliphatic heterocycles. The van der Waals surface area contributed by atoms with E-state index in [1.54, 1.807) is 0 Å². The second-order valence-corrected chi connectivity index (χ2v) is 13.2. The molecule has 1 aromatic rings. The highest BCUT2D eigenvalue weighted by Crippen LogP contribution is 2.26. The van der Waals surface area contributed by atoms with E-state index in [1.807, 2.05) is 27.7 Å². The Kier molecular flexibility index (Phi) is 19.4. The summed E-state index contributed by atoms with van der Waals surface area (Å²) in [5, 5.41) is 3.54. The predicted molar refractivity (Wildman–Crippen MR) is 168 cm³/mol. The molecule has 0 aliphatic carbocycles. The number of hydrogen-bond acceptors (Lipinski definition) is 9. The molecule has 1 heterocycles. The second kappa shape index (κ2) is 21.2. The molecule has 10 heteroatoms. The quantitative estimate of drug-likeness (QED) is 0.119. The average molecular weight is 584 g/mol. The maximum absolute atomic E-state index is 6.22. The first kappa shape index (κ1) is 36.5. The molecule has 0 aliphatic rings. The third kappa shape index (κ3) is 12.2. The van der Waals surface area contributed by atoms with Gasteiger partial charge in [0.2, 0.25) is 11.9 Å². The van der Waals surface area contributed by atoms with Crippen molar-refractivity contribution in [2.75, 3.05) is 49.7 Å². The highest BCUT2D eigenvalue weighted by atomic mass is 28.4. The summed E-state index contributed by atoms with van der Waals surface area (Å²) in [6, 6.07) is 0.342. The first-order valence-corrected chi connectivity index (χ1v) is 18.0. The van der Waals surface area contributed by atoms with Gasteiger partial charge in [0, 0.05) is 32.9 Å². The topological polar surface area (TPSA) is 90.9 Å². The van der Waals surface area contributed by atoms with E-state index in [-0.39, 0.29) is 5.67 Å². The van der Waals surface area contributed by atoms with E-state index < -0.39 is 8.80 Å². The molecule has 0 radical (unpaired) electrons. The fraction of sp³-hybridized carbons (Fsp3) is 0.900. The number of aromatic nitrogens is 3. The molecule has 234 valence electrons. The van der Waals surface area contributed by atoms with Gasteiger partial charge in [-0.3, -0.25) is 0 Å². The van der Waals surface area contributed by atoms with E-state index in [0.29, 0.717) is 56.2 Å². The summed E-state index contributed by atoms with van der Waals surface area (Å²) in [6.07, 6.45) is 10.4. The maximum atomic E-state index is 6.22. The van der Waals surface area contributed by atoms with Gasteiger partial charge in [-0.1, -0.05) is 73.1 Å². The molecule has 0 aromatic carbocycles. The number of unbranched alkanes of at least 4 members (excludes halogenated alkanes) is 2. The van der Waals surface area contributed by atoms with Crippen LogP contribution in [0.3, 0.4) is 0 Å². The molecule has 3 atom stereocenters. The molecule has 3 unspecified atom stereocenters. The lowest BCUT2D eigenvalue weighted by atomic mass is 9.96. The molecule has 9 nitrogen and oxygen atoms in total. The van der Waals surface area contributed by atoms with Crippen LogP contribution in [0.15, 0.2) is 0 Å². The largest absolute Gasteiger partial charge is 0.524 e. The van der Waals surface area contributed by atoms with Gasteiger partial charge in [0.1, 0.15) is 0 Å². The Balaban J connectivity index is 3.52. The fourth-order valence-corrected chi connectivity index (χ4v) is 7.93. The molecule has 1 aromatic heterocycles. The van der Waals surface area contributed by atoms with Crippen molar-refractivity contribution < 1.29 is 18.0 Å². The number of ether oxygens (including phenoxy) is 1. The van der Waals surface area contributed by atoms with Crippen LogP contribution in [0.4, 0.5) is 11.9 Å². The van der Waals surface area contributed by atoms with Crippen LogP contribution < -0.4 is 15.0 Å². The Labute approximate surface area is 246 Å². The Hall–Kier alpha value is -1.49. The predicted octanol–water partition coefficient (Wildman–Crippen LogP) is 7.29. The third-order valence-corrected chi connectivity index (χ3v) is 10.9. The number of nitrogens with one attached hydrogen (secondary N) is 1. The molecule has 0 amide bonds. The van der Waals surface area contributed by atoms with Crippen molar-refractivity contribution in [3.8, 4) is 6.01 Å². The minimum Gasteiger partial charge on any atom is -0.464 e. The highest BCUT2D eigenvalue weighted by molar-refractivity contribution is 6.63. The van der Waals surface area contributed by atoms with Gasteiger partial charge in [-0.15, -0.1) is 0 Å². The van der Waals surface area contributed by atoms with Crippen LogP contribution in [0.2, 0.25) is 0 Å². The van der Waals surface area contributed by atoms with Crippen LogP contribution in [-0.4, -0.2) is 68.9 Å². The van der Waals surface area contributed by atoms with E-state index in [2.05, 4.69) is 49.8 Å². The van der Waals surface area contributed by atoms with Crippen LogP contribution in [0.25, 0.3) is 0 Å². The summed E-state index contributed by atoms with van der Waals surface area (Å²) in [5.41, 5.74) is -0.202. The molecule has 40 heavy (non-hydrogen) atoms. The van der Waals surface area contributed by atoms with Crippen LogP contribution in [-0.2, 0) is 13.3 Å². The van der Waals surface area contributed by atoms with Crippen LogP contribution in [0.1, 0.15) is 120 Å². The molecule has 0 bridgehead atoms. The monoisotopic (exact) mass is 583 g/mol. The number of nitrogens with zero attached hydrogens (tertiary/aromatic N) is 4. The van der Waals surface area contributed by atoms with Crippen LogP contribution >= 0.6 is 0 Å². The molecule has 1 N–H and O–H groups in total. The van der Waals surface area contributed by atoms with Gasteiger partial charge in [-0.2, -0.15) is 15.0 Å². The van der Waals surface area contributed by atoms with Gasteiger partial charge in [0.05, 0.1) is 12.3 Å².